The van der Waals surface area contributed by atoms with Crippen molar-refractivity contribution in [2.75, 3.05) is 5.32 Å². The number of hydrogen-bond acceptors (Lipinski definition) is 2. The number of nitrogens with one attached hydrogen (secondary N) is 1. The van der Waals surface area contributed by atoms with Crippen molar-refractivity contribution in [1.82, 2.24) is 0 Å². The molecule has 0 heterocycles. The first-order valence-corrected chi connectivity index (χ1v) is 6.87. The van der Waals surface area contributed by atoms with E-state index in [-0.39, 0.29) is 0 Å². The minimum atomic E-state index is 0.351. The van der Waals surface area contributed by atoms with Gasteiger partial charge in [-0.1, -0.05) is 18.9 Å². The number of benzene rings is 1. The normalized spacial score (nSPS) is 28.9. The van der Waals surface area contributed by atoms with Crippen LogP contribution in [0.3, 0.4) is 0 Å². The summed E-state index contributed by atoms with van der Waals surface area (Å²) in [7, 11) is 0. The molecule has 0 bridgehead atoms. The van der Waals surface area contributed by atoms with Gasteiger partial charge in [-0.05, 0) is 49.7 Å². The van der Waals surface area contributed by atoms with Crippen molar-refractivity contribution in [3.8, 4) is 5.75 Å². The van der Waals surface area contributed by atoms with Crippen molar-refractivity contribution in [1.29, 1.82) is 0 Å². The van der Waals surface area contributed by atoms with Gasteiger partial charge in [0, 0.05) is 17.8 Å². The van der Waals surface area contributed by atoms with Crippen LogP contribution in [0.1, 0.15) is 38.5 Å². The molecule has 2 aliphatic rings. The van der Waals surface area contributed by atoms with Crippen LogP contribution in [-0.4, -0.2) is 11.1 Å². The summed E-state index contributed by atoms with van der Waals surface area (Å²) in [5.41, 5.74) is 1.06. The van der Waals surface area contributed by atoms with Gasteiger partial charge >= 0.3 is 0 Å². The van der Waals surface area contributed by atoms with Gasteiger partial charge in [0.05, 0.1) is 0 Å². The van der Waals surface area contributed by atoms with Crippen LogP contribution < -0.4 is 5.32 Å². The highest BCUT2D eigenvalue weighted by atomic mass is 16.3. The lowest BCUT2D eigenvalue weighted by atomic mass is 9.82. The lowest BCUT2D eigenvalue weighted by Gasteiger charge is -2.30. The second kappa shape index (κ2) is 4.59. The lowest BCUT2D eigenvalue weighted by Crippen LogP contribution is -2.28. The number of phenolic OH excluding ortho intramolecular Hbond substituents is 1. The Balaban J connectivity index is 1.60. The SMILES string of the molecule is Oc1cccc(N[C@@H]2CCC[C@H](C3CC3)C2)c1. The van der Waals surface area contributed by atoms with Gasteiger partial charge in [-0.3, -0.25) is 0 Å². The van der Waals surface area contributed by atoms with E-state index in [0.29, 0.717) is 11.8 Å². The maximum absolute atomic E-state index is 9.45. The average Bonchev–Trinajstić information content (AvgIpc) is 3.13. The molecule has 1 aromatic rings. The van der Waals surface area contributed by atoms with E-state index in [4.69, 9.17) is 0 Å². The number of rotatable bonds is 3. The predicted octanol–water partition coefficient (Wildman–Crippen LogP) is 3.77. The van der Waals surface area contributed by atoms with Gasteiger partial charge in [0.1, 0.15) is 5.75 Å². The van der Waals surface area contributed by atoms with Crippen molar-refractivity contribution in [2.45, 2.75) is 44.6 Å². The third kappa shape index (κ3) is 2.74. The maximum Gasteiger partial charge on any atom is 0.117 e. The summed E-state index contributed by atoms with van der Waals surface area (Å²) in [5.74, 6) is 2.34. The first-order chi connectivity index (χ1) is 8.31. The Morgan fingerprint density at radius 3 is 2.71 bits per heavy atom. The van der Waals surface area contributed by atoms with Crippen LogP contribution in [0.5, 0.6) is 5.75 Å². The molecule has 1 aromatic carbocycles. The van der Waals surface area contributed by atoms with Crippen molar-refractivity contribution >= 4 is 5.69 Å². The number of aromatic hydroxyl groups is 1. The fraction of sp³-hybridized carbons (Fsp3) is 0.600. The summed E-state index contributed by atoms with van der Waals surface area (Å²) in [6, 6.07) is 8.09. The first kappa shape index (κ1) is 10.9. The lowest BCUT2D eigenvalue weighted by molar-refractivity contribution is 0.303. The van der Waals surface area contributed by atoms with Gasteiger partial charge in [-0.15, -0.1) is 0 Å². The molecule has 0 saturated heterocycles. The summed E-state index contributed by atoms with van der Waals surface area (Å²) < 4.78 is 0. The topological polar surface area (TPSA) is 32.3 Å². The van der Waals surface area contributed by atoms with Crippen LogP contribution in [-0.2, 0) is 0 Å². The number of hydrogen-bond donors (Lipinski definition) is 2. The Morgan fingerprint density at radius 2 is 1.94 bits per heavy atom. The summed E-state index contributed by atoms with van der Waals surface area (Å²) in [6.07, 6.45) is 8.31. The Hall–Kier alpha value is -1.18. The maximum atomic E-state index is 9.45. The molecular formula is C15H21NO. The zero-order valence-electron chi connectivity index (χ0n) is 10.2. The van der Waals surface area contributed by atoms with Gasteiger partial charge < -0.3 is 10.4 Å². The van der Waals surface area contributed by atoms with Gasteiger partial charge in [-0.2, -0.15) is 0 Å². The molecule has 0 spiro atoms. The van der Waals surface area contributed by atoms with E-state index in [2.05, 4.69) is 5.32 Å². The molecule has 2 nitrogen and oxygen atoms in total. The van der Waals surface area contributed by atoms with E-state index >= 15 is 0 Å². The molecule has 2 fully saturated rings. The predicted molar refractivity (Wildman–Crippen MR) is 70.2 cm³/mol. The molecule has 3 rings (SSSR count). The van der Waals surface area contributed by atoms with Crippen LogP contribution in [0.4, 0.5) is 5.69 Å². The molecule has 17 heavy (non-hydrogen) atoms. The molecule has 0 unspecified atom stereocenters. The second-order valence-electron chi connectivity index (χ2n) is 5.66. The molecule has 92 valence electrons. The van der Waals surface area contributed by atoms with E-state index in [1.165, 1.54) is 38.5 Å². The Morgan fingerprint density at radius 1 is 1.06 bits per heavy atom. The summed E-state index contributed by atoms with van der Waals surface area (Å²) in [4.78, 5) is 0. The summed E-state index contributed by atoms with van der Waals surface area (Å²) in [5, 5.41) is 13.0. The van der Waals surface area contributed by atoms with Crippen molar-refractivity contribution in [2.24, 2.45) is 11.8 Å². The highest BCUT2D eigenvalue weighted by Crippen LogP contribution is 2.44. The highest BCUT2D eigenvalue weighted by Gasteiger charge is 2.34. The molecule has 2 heteroatoms. The third-order valence-corrected chi connectivity index (χ3v) is 4.22. The quantitative estimate of drug-likeness (QED) is 0.830. The molecule has 0 aliphatic heterocycles. The van der Waals surface area contributed by atoms with Crippen LogP contribution in [0.2, 0.25) is 0 Å². The zero-order chi connectivity index (χ0) is 11.7. The van der Waals surface area contributed by atoms with Gasteiger partial charge in [-0.25, -0.2) is 0 Å². The first-order valence-electron chi connectivity index (χ1n) is 6.87. The summed E-state index contributed by atoms with van der Waals surface area (Å²) >= 11 is 0. The second-order valence-corrected chi connectivity index (χ2v) is 5.66. The fourth-order valence-corrected chi connectivity index (χ4v) is 3.19. The van der Waals surface area contributed by atoms with E-state index in [9.17, 15) is 5.11 Å². The van der Waals surface area contributed by atoms with Gasteiger partial charge in [0.2, 0.25) is 0 Å². The largest absolute Gasteiger partial charge is 0.508 e. The van der Waals surface area contributed by atoms with Crippen molar-refractivity contribution in [3.63, 3.8) is 0 Å². The van der Waals surface area contributed by atoms with E-state index in [1.54, 1.807) is 6.07 Å². The molecular weight excluding hydrogens is 210 g/mol. The van der Waals surface area contributed by atoms with Crippen molar-refractivity contribution < 1.29 is 5.11 Å². The minimum Gasteiger partial charge on any atom is -0.508 e. The monoisotopic (exact) mass is 231 g/mol. The Labute approximate surface area is 103 Å². The molecule has 0 aromatic heterocycles. The molecule has 2 atom stereocenters. The van der Waals surface area contributed by atoms with E-state index in [0.717, 1.165) is 17.5 Å². The third-order valence-electron chi connectivity index (χ3n) is 4.22. The smallest absolute Gasteiger partial charge is 0.117 e. The molecule has 0 radical (unpaired) electrons. The molecule has 2 aliphatic carbocycles. The Bertz CT molecular complexity index is 386. The number of anilines is 1. The van der Waals surface area contributed by atoms with Gasteiger partial charge in [0.15, 0.2) is 0 Å². The highest BCUT2D eigenvalue weighted by molar-refractivity contribution is 5.48. The Kier molecular flexibility index (Phi) is 2.96. The summed E-state index contributed by atoms with van der Waals surface area (Å²) in [6.45, 7) is 0. The minimum absolute atomic E-state index is 0.351. The van der Waals surface area contributed by atoms with E-state index < -0.39 is 0 Å². The molecule has 0 amide bonds. The van der Waals surface area contributed by atoms with Crippen LogP contribution in [0.25, 0.3) is 0 Å². The van der Waals surface area contributed by atoms with Crippen molar-refractivity contribution in [3.05, 3.63) is 24.3 Å². The standard InChI is InChI=1S/C15H21NO/c17-15-6-2-5-14(10-15)16-13-4-1-3-12(9-13)11-7-8-11/h2,5-6,10-13,16-17H,1,3-4,7-9H2/t12-,13+/m0/s1. The van der Waals surface area contributed by atoms with Crippen LogP contribution in [0, 0.1) is 11.8 Å². The van der Waals surface area contributed by atoms with Crippen LogP contribution in [0.15, 0.2) is 24.3 Å². The fourth-order valence-electron chi connectivity index (χ4n) is 3.19. The molecule has 2 N–H and O–H groups in total. The van der Waals surface area contributed by atoms with Gasteiger partial charge in [0.25, 0.3) is 0 Å². The average molecular weight is 231 g/mol. The van der Waals surface area contributed by atoms with E-state index in [1.807, 2.05) is 18.2 Å². The zero-order valence-corrected chi connectivity index (χ0v) is 10.2. The number of phenols is 1. The van der Waals surface area contributed by atoms with Crippen LogP contribution >= 0.6 is 0 Å². The molecule has 2 saturated carbocycles.